The Kier molecular flexibility index (Phi) is 3.96. The van der Waals surface area contributed by atoms with Gasteiger partial charge in [0.05, 0.1) is 16.8 Å². The summed E-state index contributed by atoms with van der Waals surface area (Å²) in [6.45, 7) is 2.17. The molecule has 2 aromatic heterocycles. The maximum atomic E-state index is 13.4. The molecule has 5 rings (SSSR count). The van der Waals surface area contributed by atoms with Crippen molar-refractivity contribution >= 4 is 29.1 Å². The van der Waals surface area contributed by atoms with Gasteiger partial charge in [-0.25, -0.2) is 0 Å². The van der Waals surface area contributed by atoms with Crippen molar-refractivity contribution in [2.45, 2.75) is 24.8 Å². The molecule has 146 valence electrons. The molecule has 2 unspecified atom stereocenters. The number of likely N-dealkylation sites (tertiary alicyclic amines) is 1. The molecule has 1 aromatic carbocycles. The number of nitrogens with one attached hydrogen (secondary N) is 2. The van der Waals surface area contributed by atoms with Crippen LogP contribution in [0.15, 0.2) is 48.8 Å². The summed E-state index contributed by atoms with van der Waals surface area (Å²) in [5.41, 5.74) is 2.40. The number of pyridine rings is 1. The molecule has 0 radical (unpaired) electrons. The summed E-state index contributed by atoms with van der Waals surface area (Å²) in [6, 6.07) is 10.9. The summed E-state index contributed by atoms with van der Waals surface area (Å²) in [5.74, 6) is -0.408. The first-order valence-electron chi connectivity index (χ1n) is 9.36. The van der Waals surface area contributed by atoms with E-state index in [2.05, 4.69) is 20.5 Å². The molecule has 1 fully saturated rings. The summed E-state index contributed by atoms with van der Waals surface area (Å²) >= 11 is 6.30. The average molecular weight is 408 g/mol. The van der Waals surface area contributed by atoms with Crippen molar-refractivity contribution in [2.75, 3.05) is 11.9 Å². The molecule has 4 heterocycles. The molecule has 2 N–H and O–H groups in total. The number of aryl methyl sites for hydroxylation is 1. The quantitative estimate of drug-likeness (QED) is 0.682. The van der Waals surface area contributed by atoms with Gasteiger partial charge in [0.25, 0.3) is 5.91 Å². The second-order valence-corrected chi connectivity index (χ2v) is 7.80. The van der Waals surface area contributed by atoms with Gasteiger partial charge in [-0.3, -0.25) is 19.7 Å². The highest BCUT2D eigenvalue weighted by Gasteiger charge is 2.59. The molecular formula is C21H18ClN5O2. The number of fused-ring (bicyclic) bond motifs is 2. The van der Waals surface area contributed by atoms with E-state index in [-0.39, 0.29) is 17.5 Å². The molecule has 3 aromatic rings. The minimum absolute atomic E-state index is 0.104. The van der Waals surface area contributed by atoms with E-state index in [1.807, 2.05) is 36.4 Å². The zero-order chi connectivity index (χ0) is 20.2. The van der Waals surface area contributed by atoms with Crippen LogP contribution in [0, 0.1) is 6.92 Å². The normalized spacial score (nSPS) is 22.8. The topological polar surface area (TPSA) is 91.0 Å². The fourth-order valence-electron chi connectivity index (χ4n) is 4.60. The first-order valence-corrected chi connectivity index (χ1v) is 9.74. The number of anilines is 1. The van der Waals surface area contributed by atoms with E-state index in [9.17, 15) is 9.59 Å². The van der Waals surface area contributed by atoms with E-state index in [4.69, 9.17) is 11.6 Å². The van der Waals surface area contributed by atoms with Gasteiger partial charge in [-0.2, -0.15) is 5.10 Å². The second kappa shape index (κ2) is 6.42. The van der Waals surface area contributed by atoms with Crippen molar-refractivity contribution in [2.24, 2.45) is 0 Å². The molecule has 2 amide bonds. The third-order valence-electron chi connectivity index (χ3n) is 5.92. The van der Waals surface area contributed by atoms with Crippen LogP contribution < -0.4 is 5.32 Å². The largest absolute Gasteiger partial charge is 0.329 e. The predicted octanol–water partition coefficient (Wildman–Crippen LogP) is 3.24. The highest BCUT2D eigenvalue weighted by atomic mass is 35.5. The van der Waals surface area contributed by atoms with Crippen LogP contribution in [0.1, 0.15) is 39.8 Å². The minimum atomic E-state index is -0.882. The summed E-state index contributed by atoms with van der Waals surface area (Å²) in [4.78, 5) is 32.7. The van der Waals surface area contributed by atoms with Gasteiger partial charge in [0.2, 0.25) is 5.91 Å². The molecule has 1 spiro atoms. The Morgan fingerprint density at radius 1 is 1.28 bits per heavy atom. The number of aromatic amines is 1. The number of para-hydroxylation sites is 1. The van der Waals surface area contributed by atoms with Crippen LogP contribution in [0.4, 0.5) is 5.69 Å². The number of rotatable bonds is 2. The van der Waals surface area contributed by atoms with Gasteiger partial charge in [0.1, 0.15) is 5.41 Å². The molecule has 29 heavy (non-hydrogen) atoms. The summed E-state index contributed by atoms with van der Waals surface area (Å²) in [6.07, 6.45) is 3.89. The zero-order valence-electron chi connectivity index (χ0n) is 15.6. The third-order valence-corrected chi connectivity index (χ3v) is 6.39. The highest BCUT2D eigenvalue weighted by Crippen LogP contribution is 2.54. The van der Waals surface area contributed by atoms with Crippen LogP contribution in [-0.4, -0.2) is 38.4 Å². The van der Waals surface area contributed by atoms with Gasteiger partial charge < -0.3 is 10.2 Å². The number of carbonyl (C=O) groups excluding carboxylic acids is 2. The van der Waals surface area contributed by atoms with Crippen LogP contribution in [0.25, 0.3) is 0 Å². The van der Waals surface area contributed by atoms with E-state index in [0.29, 0.717) is 23.7 Å². The van der Waals surface area contributed by atoms with E-state index >= 15 is 0 Å². The number of amides is 2. The molecule has 7 nitrogen and oxygen atoms in total. The van der Waals surface area contributed by atoms with E-state index in [0.717, 1.165) is 16.8 Å². The number of aromatic nitrogens is 3. The van der Waals surface area contributed by atoms with Crippen LogP contribution in [-0.2, 0) is 10.2 Å². The van der Waals surface area contributed by atoms with Crippen molar-refractivity contribution < 1.29 is 9.59 Å². The monoisotopic (exact) mass is 407 g/mol. The predicted molar refractivity (Wildman–Crippen MR) is 108 cm³/mol. The van der Waals surface area contributed by atoms with Gasteiger partial charge in [-0.15, -0.1) is 0 Å². The molecule has 2 aliphatic rings. The highest BCUT2D eigenvalue weighted by molar-refractivity contribution is 6.34. The number of carbonyl (C=O) groups is 2. The lowest BCUT2D eigenvalue weighted by atomic mass is 9.73. The Balaban J connectivity index is 1.68. The standard InChI is InChI=1S/C21H18ClN5O2/c1-12-16(22)17(26-25-12)19(28)27-10-8-21(18(27)13-5-4-9-23-11-13)14-6-2-3-7-15(14)24-20(21)29/h2-7,9,11,18H,8,10H2,1H3,(H,24,29)(H,25,26). The molecule has 1 saturated heterocycles. The van der Waals surface area contributed by atoms with Crippen LogP contribution >= 0.6 is 11.6 Å². The van der Waals surface area contributed by atoms with Crippen molar-refractivity contribution in [1.29, 1.82) is 0 Å². The number of hydrogen-bond donors (Lipinski definition) is 2. The average Bonchev–Trinajstić information content (AvgIpc) is 3.38. The summed E-state index contributed by atoms with van der Waals surface area (Å²) in [5, 5.41) is 10.2. The van der Waals surface area contributed by atoms with Crippen LogP contribution in [0.5, 0.6) is 0 Å². The fourth-order valence-corrected chi connectivity index (χ4v) is 4.77. The SMILES string of the molecule is Cc1[nH]nc(C(=O)N2CCC3(C(=O)Nc4ccccc43)C2c2cccnc2)c1Cl. The number of nitrogens with zero attached hydrogens (tertiary/aromatic N) is 3. The third kappa shape index (κ3) is 2.43. The van der Waals surface area contributed by atoms with E-state index in [1.165, 1.54) is 0 Å². The molecular weight excluding hydrogens is 390 g/mol. The summed E-state index contributed by atoms with van der Waals surface area (Å²) in [7, 11) is 0. The van der Waals surface area contributed by atoms with Gasteiger partial charge in [0, 0.05) is 24.6 Å². The second-order valence-electron chi connectivity index (χ2n) is 7.42. The lowest BCUT2D eigenvalue weighted by Crippen LogP contribution is -2.42. The van der Waals surface area contributed by atoms with Gasteiger partial charge in [-0.1, -0.05) is 35.9 Å². The zero-order valence-corrected chi connectivity index (χ0v) is 16.4. The Bertz CT molecular complexity index is 1130. The van der Waals surface area contributed by atoms with Crippen LogP contribution in [0.3, 0.4) is 0 Å². The molecule has 2 atom stereocenters. The number of hydrogen-bond acceptors (Lipinski definition) is 4. The first-order chi connectivity index (χ1) is 14.0. The maximum Gasteiger partial charge on any atom is 0.276 e. The smallest absolute Gasteiger partial charge is 0.276 e. The number of H-pyrrole nitrogens is 1. The molecule has 2 aliphatic heterocycles. The molecule has 0 saturated carbocycles. The minimum Gasteiger partial charge on any atom is -0.329 e. The fraction of sp³-hybridized carbons (Fsp3) is 0.238. The van der Waals surface area contributed by atoms with Crippen molar-refractivity contribution in [3.63, 3.8) is 0 Å². The Labute approximate surface area is 172 Å². The van der Waals surface area contributed by atoms with Crippen LogP contribution in [0.2, 0.25) is 5.02 Å². The molecule has 8 heteroatoms. The lowest BCUT2D eigenvalue weighted by Gasteiger charge is -2.34. The first kappa shape index (κ1) is 17.9. The Hall–Kier alpha value is -3.19. The van der Waals surface area contributed by atoms with Gasteiger partial charge in [-0.05, 0) is 36.6 Å². The number of halogens is 1. The maximum absolute atomic E-state index is 13.4. The van der Waals surface area contributed by atoms with Gasteiger partial charge in [0.15, 0.2) is 5.69 Å². The van der Waals surface area contributed by atoms with Gasteiger partial charge >= 0.3 is 0 Å². The lowest BCUT2D eigenvalue weighted by molar-refractivity contribution is -0.121. The van der Waals surface area contributed by atoms with E-state index < -0.39 is 11.5 Å². The molecule has 0 bridgehead atoms. The Morgan fingerprint density at radius 2 is 2.10 bits per heavy atom. The Morgan fingerprint density at radius 3 is 2.83 bits per heavy atom. The van der Waals surface area contributed by atoms with E-state index in [1.54, 1.807) is 24.2 Å². The number of benzene rings is 1. The molecule has 0 aliphatic carbocycles. The van der Waals surface area contributed by atoms with Crippen molar-refractivity contribution in [3.05, 3.63) is 76.3 Å². The van der Waals surface area contributed by atoms with Crippen molar-refractivity contribution in [1.82, 2.24) is 20.1 Å². The summed E-state index contributed by atoms with van der Waals surface area (Å²) < 4.78 is 0. The van der Waals surface area contributed by atoms with Crippen molar-refractivity contribution in [3.8, 4) is 0 Å².